The molecule has 2 fully saturated rings. The molecule has 1 aliphatic heterocycles. The minimum Gasteiger partial charge on any atom is -0.292 e. The molecule has 4 amide bonds. The molecular weight excluding hydrogens is 366 g/mol. The standard InChI is InChI=1S/C19H21N3O6/c1-11-5-3-4-6-14(11)21-18(25)17(24)20(19(21)26)10-16(23)13-8-7-12(2)15(9-13)22(27)28/h7-9,11,14H,3-6,10H2,1-2H3/t11-,14-/m0/s1. The monoisotopic (exact) mass is 387 g/mol. The summed E-state index contributed by atoms with van der Waals surface area (Å²) in [5, 5.41) is 11.1. The second-order valence-corrected chi connectivity index (χ2v) is 7.36. The first-order valence-corrected chi connectivity index (χ1v) is 9.19. The average molecular weight is 387 g/mol. The van der Waals surface area contributed by atoms with E-state index in [1.807, 2.05) is 6.92 Å². The molecule has 1 heterocycles. The van der Waals surface area contributed by atoms with Crippen LogP contribution in [-0.2, 0) is 9.59 Å². The maximum Gasteiger partial charge on any atom is 0.334 e. The van der Waals surface area contributed by atoms with Crippen molar-refractivity contribution in [2.75, 3.05) is 6.54 Å². The van der Waals surface area contributed by atoms with E-state index in [0.29, 0.717) is 16.9 Å². The summed E-state index contributed by atoms with van der Waals surface area (Å²) in [6, 6.07) is 2.81. The maximum atomic E-state index is 12.7. The van der Waals surface area contributed by atoms with Gasteiger partial charge in [0, 0.05) is 23.2 Å². The van der Waals surface area contributed by atoms with Crippen molar-refractivity contribution in [1.82, 2.24) is 9.80 Å². The van der Waals surface area contributed by atoms with Gasteiger partial charge in [-0.05, 0) is 25.7 Å². The van der Waals surface area contributed by atoms with E-state index in [1.54, 1.807) is 6.92 Å². The Balaban J connectivity index is 1.80. The third-order valence-corrected chi connectivity index (χ3v) is 5.51. The number of urea groups is 1. The van der Waals surface area contributed by atoms with E-state index in [2.05, 4.69) is 0 Å². The lowest BCUT2D eigenvalue weighted by Gasteiger charge is -2.34. The number of imide groups is 2. The molecule has 0 spiro atoms. The molecule has 1 aromatic carbocycles. The first-order chi connectivity index (χ1) is 13.2. The molecule has 2 atom stereocenters. The van der Waals surface area contributed by atoms with Crippen LogP contribution in [0.2, 0.25) is 0 Å². The van der Waals surface area contributed by atoms with E-state index >= 15 is 0 Å². The number of benzene rings is 1. The van der Waals surface area contributed by atoms with Crippen molar-refractivity contribution in [3.8, 4) is 0 Å². The van der Waals surface area contributed by atoms with Crippen molar-refractivity contribution >= 4 is 29.3 Å². The van der Waals surface area contributed by atoms with Gasteiger partial charge < -0.3 is 0 Å². The van der Waals surface area contributed by atoms with E-state index in [9.17, 15) is 29.3 Å². The van der Waals surface area contributed by atoms with Crippen LogP contribution in [0.1, 0.15) is 48.5 Å². The van der Waals surface area contributed by atoms with Crippen LogP contribution in [0.3, 0.4) is 0 Å². The highest BCUT2D eigenvalue weighted by molar-refractivity contribution is 6.45. The van der Waals surface area contributed by atoms with Crippen LogP contribution in [0.25, 0.3) is 0 Å². The molecule has 0 radical (unpaired) electrons. The quantitative estimate of drug-likeness (QED) is 0.252. The molecular formula is C19H21N3O6. The summed E-state index contributed by atoms with van der Waals surface area (Å²) in [5.74, 6) is -2.50. The average Bonchev–Trinajstić information content (AvgIpc) is 2.86. The van der Waals surface area contributed by atoms with Gasteiger partial charge in [0.05, 0.1) is 11.5 Å². The minimum atomic E-state index is -1.03. The summed E-state index contributed by atoms with van der Waals surface area (Å²) in [7, 11) is 0. The van der Waals surface area contributed by atoms with Gasteiger partial charge in [-0.15, -0.1) is 0 Å². The zero-order valence-corrected chi connectivity index (χ0v) is 15.7. The van der Waals surface area contributed by atoms with Gasteiger partial charge in [-0.3, -0.25) is 29.4 Å². The number of Topliss-reactive ketones (excluding diaryl/α,β-unsaturated/α-hetero) is 1. The zero-order chi connectivity index (χ0) is 20.6. The Hall–Kier alpha value is -3.10. The summed E-state index contributed by atoms with van der Waals surface area (Å²) in [6.07, 6.45) is 3.38. The summed E-state index contributed by atoms with van der Waals surface area (Å²) >= 11 is 0. The van der Waals surface area contributed by atoms with E-state index in [-0.39, 0.29) is 23.2 Å². The van der Waals surface area contributed by atoms with Gasteiger partial charge in [-0.25, -0.2) is 9.69 Å². The van der Waals surface area contributed by atoms with Gasteiger partial charge in [-0.2, -0.15) is 0 Å². The van der Waals surface area contributed by atoms with Crippen LogP contribution in [0.15, 0.2) is 18.2 Å². The number of hydrogen-bond acceptors (Lipinski definition) is 6. The predicted molar refractivity (Wildman–Crippen MR) is 97.5 cm³/mol. The minimum absolute atomic E-state index is 0.00911. The fourth-order valence-corrected chi connectivity index (χ4v) is 3.85. The third kappa shape index (κ3) is 3.39. The fourth-order valence-electron chi connectivity index (χ4n) is 3.85. The van der Waals surface area contributed by atoms with Gasteiger partial charge in [0.2, 0.25) is 0 Å². The predicted octanol–water partition coefficient (Wildman–Crippen LogP) is 2.46. The third-order valence-electron chi connectivity index (χ3n) is 5.51. The summed E-state index contributed by atoms with van der Waals surface area (Å²) < 4.78 is 0. The molecule has 0 aromatic heterocycles. The molecule has 0 N–H and O–H groups in total. The van der Waals surface area contributed by atoms with Crippen LogP contribution in [0.5, 0.6) is 0 Å². The number of carbonyl (C=O) groups is 4. The Morgan fingerprint density at radius 2 is 1.86 bits per heavy atom. The fraction of sp³-hybridized carbons (Fsp3) is 0.474. The van der Waals surface area contributed by atoms with Crippen LogP contribution in [0.4, 0.5) is 10.5 Å². The van der Waals surface area contributed by atoms with Gasteiger partial charge in [0.25, 0.3) is 5.69 Å². The highest BCUT2D eigenvalue weighted by atomic mass is 16.6. The first kappa shape index (κ1) is 19.7. The second kappa shape index (κ2) is 7.49. The number of nitro benzene ring substituents is 1. The lowest BCUT2D eigenvalue weighted by Crippen LogP contribution is -2.46. The highest BCUT2D eigenvalue weighted by Gasteiger charge is 2.49. The second-order valence-electron chi connectivity index (χ2n) is 7.36. The zero-order valence-electron chi connectivity index (χ0n) is 15.7. The molecule has 2 aliphatic rings. The van der Waals surface area contributed by atoms with Crippen LogP contribution in [0, 0.1) is 23.0 Å². The number of rotatable bonds is 5. The number of nitro groups is 1. The Bertz CT molecular complexity index is 880. The van der Waals surface area contributed by atoms with Crippen LogP contribution in [-0.4, -0.2) is 50.9 Å². The van der Waals surface area contributed by atoms with E-state index < -0.39 is 35.1 Å². The van der Waals surface area contributed by atoms with Crippen molar-refractivity contribution in [3.63, 3.8) is 0 Å². The Kier molecular flexibility index (Phi) is 5.26. The summed E-state index contributed by atoms with van der Waals surface area (Å²) in [4.78, 5) is 62.0. The maximum absolute atomic E-state index is 12.7. The molecule has 1 aliphatic carbocycles. The number of aryl methyl sites for hydroxylation is 1. The largest absolute Gasteiger partial charge is 0.334 e. The normalized spacial score (nSPS) is 22.7. The van der Waals surface area contributed by atoms with Gasteiger partial charge in [0.15, 0.2) is 5.78 Å². The number of amides is 4. The Labute approximate surface area is 161 Å². The SMILES string of the molecule is Cc1ccc(C(=O)CN2C(=O)C(=O)N([C@H]3CCCC[C@@H]3C)C2=O)cc1[N+](=O)[O-]. The summed E-state index contributed by atoms with van der Waals surface area (Å²) in [5.41, 5.74) is 0.177. The molecule has 0 bridgehead atoms. The van der Waals surface area contributed by atoms with Crippen LogP contribution >= 0.6 is 0 Å². The van der Waals surface area contributed by atoms with Gasteiger partial charge in [0.1, 0.15) is 0 Å². The number of hydrogen-bond donors (Lipinski definition) is 0. The topological polar surface area (TPSA) is 118 Å². The highest BCUT2D eigenvalue weighted by Crippen LogP contribution is 2.31. The number of nitrogens with zero attached hydrogens (tertiary/aromatic N) is 3. The molecule has 3 rings (SSSR count). The van der Waals surface area contributed by atoms with Crippen molar-refractivity contribution in [1.29, 1.82) is 0 Å². The summed E-state index contributed by atoms with van der Waals surface area (Å²) in [6.45, 7) is 2.86. The van der Waals surface area contributed by atoms with Crippen molar-refractivity contribution < 1.29 is 24.1 Å². The lowest BCUT2D eigenvalue weighted by atomic mass is 9.85. The van der Waals surface area contributed by atoms with Crippen molar-refractivity contribution in [2.24, 2.45) is 5.92 Å². The lowest BCUT2D eigenvalue weighted by molar-refractivity contribution is -0.385. The van der Waals surface area contributed by atoms with E-state index in [1.165, 1.54) is 12.1 Å². The number of ketones is 1. The van der Waals surface area contributed by atoms with Gasteiger partial charge in [-0.1, -0.05) is 31.9 Å². The van der Waals surface area contributed by atoms with Crippen molar-refractivity contribution in [2.45, 2.75) is 45.6 Å². The Morgan fingerprint density at radius 1 is 1.18 bits per heavy atom. The van der Waals surface area contributed by atoms with Gasteiger partial charge >= 0.3 is 17.8 Å². The smallest absolute Gasteiger partial charge is 0.292 e. The molecule has 9 nitrogen and oxygen atoms in total. The Morgan fingerprint density at radius 3 is 2.50 bits per heavy atom. The molecule has 1 aromatic rings. The molecule has 9 heteroatoms. The van der Waals surface area contributed by atoms with Crippen molar-refractivity contribution in [3.05, 3.63) is 39.4 Å². The van der Waals surface area contributed by atoms with Crippen LogP contribution < -0.4 is 0 Å². The number of carbonyl (C=O) groups excluding carboxylic acids is 4. The van der Waals surface area contributed by atoms with E-state index in [4.69, 9.17) is 0 Å². The molecule has 1 saturated heterocycles. The molecule has 1 saturated carbocycles. The molecule has 28 heavy (non-hydrogen) atoms. The van der Waals surface area contributed by atoms with E-state index in [0.717, 1.165) is 30.2 Å². The molecule has 148 valence electrons. The first-order valence-electron chi connectivity index (χ1n) is 9.19. The molecule has 0 unspecified atom stereocenters.